The molecule has 3 heterocycles. The molecule has 0 unspecified atom stereocenters. The van der Waals surface area contributed by atoms with Gasteiger partial charge in [-0.1, -0.05) is 13.8 Å². The van der Waals surface area contributed by atoms with E-state index in [4.69, 9.17) is 15.2 Å². The van der Waals surface area contributed by atoms with Crippen LogP contribution in [0.5, 0.6) is 11.5 Å². The first-order chi connectivity index (χ1) is 14.4. The second kappa shape index (κ2) is 8.88. The Morgan fingerprint density at radius 3 is 2.67 bits per heavy atom. The minimum atomic E-state index is -0.850. The predicted octanol–water partition coefficient (Wildman–Crippen LogP) is 2.76. The van der Waals surface area contributed by atoms with Gasteiger partial charge in [-0.2, -0.15) is 14.4 Å². The number of rotatable bonds is 7. The van der Waals surface area contributed by atoms with Gasteiger partial charge in [0.15, 0.2) is 28.5 Å². The number of ether oxygens (including phenoxy) is 2. The molecule has 0 saturated heterocycles. The summed E-state index contributed by atoms with van der Waals surface area (Å²) in [7, 11) is 0. The maximum Gasteiger partial charge on any atom is 0.312 e. The molecule has 160 valence electrons. The Bertz CT molecular complexity index is 1070. The number of benzene rings is 1. The maximum absolute atomic E-state index is 13.9. The highest BCUT2D eigenvalue weighted by Crippen LogP contribution is 2.35. The predicted molar refractivity (Wildman–Crippen MR) is 120 cm³/mol. The van der Waals surface area contributed by atoms with Crippen molar-refractivity contribution in [3.63, 3.8) is 0 Å². The molecule has 8 nitrogen and oxygen atoms in total. The van der Waals surface area contributed by atoms with Gasteiger partial charge >= 0.3 is 6.08 Å². The molecule has 0 saturated carbocycles. The summed E-state index contributed by atoms with van der Waals surface area (Å²) in [5.74, 6) is 2.81. The second-order valence-corrected chi connectivity index (χ2v) is 8.75. The van der Waals surface area contributed by atoms with E-state index in [1.165, 1.54) is 0 Å². The molecular weight excluding hydrogens is 499 g/mol. The fourth-order valence-electron chi connectivity index (χ4n) is 3.40. The summed E-state index contributed by atoms with van der Waals surface area (Å²) in [5, 5.41) is 3.41. The first-order valence-corrected chi connectivity index (χ1v) is 11.0. The minimum Gasteiger partial charge on any atom is -0.486 e. The first-order valence-electron chi connectivity index (χ1n) is 9.89. The summed E-state index contributed by atoms with van der Waals surface area (Å²) in [6.07, 6.45) is -0.326. The standard InChI is InChI=1S/C20H24FIN6O2/c1-11(2)10-24-3-4-28-16(25-17-18(23)26-20(21)27-19(17)28)8-12-7-14-15(9-13(12)22)30-6-5-29-14/h7,9,11,24H,3-6,8,10H2,1-2H3,(H2,23,26,27)/i22-3. The zero-order valence-electron chi connectivity index (χ0n) is 16.9. The second-order valence-electron chi connectivity index (χ2n) is 7.59. The number of anilines is 1. The Morgan fingerprint density at radius 2 is 1.93 bits per heavy atom. The van der Waals surface area contributed by atoms with Crippen molar-refractivity contribution in [2.24, 2.45) is 5.92 Å². The maximum atomic E-state index is 13.9. The monoisotopic (exact) mass is 523 g/mol. The molecule has 4 rings (SSSR count). The van der Waals surface area contributed by atoms with Crippen molar-refractivity contribution in [3.05, 3.63) is 33.2 Å². The van der Waals surface area contributed by atoms with Crippen LogP contribution >= 0.6 is 22.6 Å². The third-order valence-corrected chi connectivity index (χ3v) is 5.80. The van der Waals surface area contributed by atoms with Gasteiger partial charge in [0.1, 0.15) is 19.0 Å². The summed E-state index contributed by atoms with van der Waals surface area (Å²) in [6, 6.07) is 3.95. The van der Waals surface area contributed by atoms with E-state index in [1.807, 2.05) is 16.7 Å². The van der Waals surface area contributed by atoms with Gasteiger partial charge in [-0.05, 0) is 52.7 Å². The zero-order chi connectivity index (χ0) is 21.3. The van der Waals surface area contributed by atoms with E-state index >= 15 is 0 Å². The van der Waals surface area contributed by atoms with Crippen LogP contribution in [0.25, 0.3) is 11.2 Å². The number of nitrogens with zero attached hydrogens (tertiary/aromatic N) is 4. The van der Waals surface area contributed by atoms with Crippen molar-refractivity contribution in [3.8, 4) is 11.5 Å². The Labute approximate surface area is 187 Å². The van der Waals surface area contributed by atoms with Crippen molar-refractivity contribution in [1.29, 1.82) is 0 Å². The van der Waals surface area contributed by atoms with Gasteiger partial charge in [0.2, 0.25) is 0 Å². The molecule has 2 aromatic heterocycles. The summed E-state index contributed by atoms with van der Waals surface area (Å²) in [5.41, 5.74) is 7.80. The van der Waals surface area contributed by atoms with Crippen LogP contribution in [0.1, 0.15) is 25.2 Å². The molecule has 1 aliphatic rings. The lowest BCUT2D eigenvalue weighted by Gasteiger charge is -2.20. The van der Waals surface area contributed by atoms with Crippen LogP contribution in [0.4, 0.5) is 10.2 Å². The third-order valence-electron chi connectivity index (χ3n) is 4.80. The average Bonchev–Trinajstić information content (AvgIpc) is 3.03. The molecule has 0 bridgehead atoms. The van der Waals surface area contributed by atoms with E-state index < -0.39 is 6.08 Å². The highest BCUT2D eigenvalue weighted by Gasteiger charge is 2.20. The van der Waals surface area contributed by atoms with Crippen LogP contribution in [0.15, 0.2) is 12.1 Å². The van der Waals surface area contributed by atoms with Crippen LogP contribution in [0.3, 0.4) is 0 Å². The van der Waals surface area contributed by atoms with Gasteiger partial charge in [0.25, 0.3) is 0 Å². The van der Waals surface area contributed by atoms with Gasteiger partial charge in [0.05, 0.1) is 0 Å². The highest BCUT2D eigenvalue weighted by atomic mass is 124. The Hall–Kier alpha value is -2.21. The molecule has 3 aromatic rings. The van der Waals surface area contributed by atoms with Crippen molar-refractivity contribution < 1.29 is 13.9 Å². The number of nitrogen functional groups attached to an aromatic ring is 1. The lowest BCUT2D eigenvalue weighted by Crippen LogP contribution is -2.25. The quantitative estimate of drug-likeness (QED) is 0.279. The summed E-state index contributed by atoms with van der Waals surface area (Å²) in [6.45, 7) is 7.57. The van der Waals surface area contributed by atoms with E-state index in [2.05, 4.69) is 56.7 Å². The SMILES string of the molecule is CC(C)CNCCn1c(Cc2cc3c(cc2[124I])OCCO3)nc2c(N)nc(F)nc21. The van der Waals surface area contributed by atoms with Crippen LogP contribution in [-0.4, -0.2) is 45.8 Å². The summed E-state index contributed by atoms with van der Waals surface area (Å²) >= 11 is 2.28. The molecule has 1 aliphatic heterocycles. The molecule has 30 heavy (non-hydrogen) atoms. The third kappa shape index (κ3) is 4.43. The van der Waals surface area contributed by atoms with Gasteiger partial charge in [-0.3, -0.25) is 0 Å². The summed E-state index contributed by atoms with van der Waals surface area (Å²) < 4.78 is 28.2. The van der Waals surface area contributed by atoms with Crippen molar-refractivity contribution in [1.82, 2.24) is 24.8 Å². The van der Waals surface area contributed by atoms with Crippen LogP contribution < -0.4 is 20.5 Å². The van der Waals surface area contributed by atoms with Crippen molar-refractivity contribution in [2.45, 2.75) is 26.8 Å². The molecule has 0 amide bonds. The summed E-state index contributed by atoms with van der Waals surface area (Å²) in [4.78, 5) is 12.3. The lowest BCUT2D eigenvalue weighted by atomic mass is 10.1. The van der Waals surface area contributed by atoms with Gasteiger partial charge in [-0.15, -0.1) is 0 Å². The topological polar surface area (TPSA) is 100 Å². The van der Waals surface area contributed by atoms with Gasteiger partial charge < -0.3 is 25.1 Å². The van der Waals surface area contributed by atoms with Gasteiger partial charge in [-0.25, -0.2) is 4.98 Å². The molecular formula is C20H24FIN6O2. The van der Waals surface area contributed by atoms with Crippen molar-refractivity contribution in [2.75, 3.05) is 32.0 Å². The number of fused-ring (bicyclic) bond motifs is 2. The molecule has 0 spiro atoms. The zero-order valence-corrected chi connectivity index (χ0v) is 19.1. The molecule has 0 atom stereocenters. The normalized spacial score (nSPS) is 13.4. The molecule has 10 heteroatoms. The van der Waals surface area contributed by atoms with E-state index in [1.54, 1.807) is 0 Å². The average molecular weight is 523 g/mol. The Kier molecular flexibility index (Phi) is 6.23. The highest BCUT2D eigenvalue weighted by molar-refractivity contribution is 14.1. The molecule has 0 radical (unpaired) electrons. The number of nitrogens with one attached hydrogen (secondary N) is 1. The van der Waals surface area contributed by atoms with Crippen LogP contribution in [0, 0.1) is 15.6 Å². The molecule has 3 N–H and O–H groups in total. The lowest BCUT2D eigenvalue weighted by molar-refractivity contribution is 0.171. The largest absolute Gasteiger partial charge is 0.486 e. The van der Waals surface area contributed by atoms with Crippen LogP contribution in [0.2, 0.25) is 0 Å². The number of nitrogens with two attached hydrogens (primary N) is 1. The van der Waals surface area contributed by atoms with E-state index in [9.17, 15) is 4.39 Å². The Balaban J connectivity index is 1.69. The molecule has 0 fully saturated rings. The molecule has 1 aromatic carbocycles. The minimum absolute atomic E-state index is 0.0458. The number of halogens is 2. The number of aromatic nitrogens is 4. The number of hydrogen-bond donors (Lipinski definition) is 2. The smallest absolute Gasteiger partial charge is 0.312 e. The number of imidazole rings is 1. The fourth-order valence-corrected chi connectivity index (χ4v) is 4.03. The van der Waals surface area contributed by atoms with Crippen LogP contribution in [-0.2, 0) is 13.0 Å². The number of hydrogen-bond acceptors (Lipinski definition) is 7. The molecule has 0 aliphatic carbocycles. The first kappa shape index (κ1) is 21.0. The van der Waals surface area contributed by atoms with E-state index in [0.717, 1.165) is 33.0 Å². The van der Waals surface area contributed by atoms with Gasteiger partial charge in [0, 0.05) is 23.1 Å². The van der Waals surface area contributed by atoms with E-state index in [-0.39, 0.29) is 5.82 Å². The fraction of sp³-hybridized carbons (Fsp3) is 0.450. The Morgan fingerprint density at radius 1 is 1.20 bits per heavy atom. The van der Waals surface area contributed by atoms with E-state index in [0.29, 0.717) is 49.8 Å². The van der Waals surface area contributed by atoms with Crippen molar-refractivity contribution >= 4 is 39.6 Å².